The molecular weight excluding hydrogens is 304 g/mol. The lowest BCUT2D eigenvalue weighted by Crippen LogP contribution is -2.30. The van der Waals surface area contributed by atoms with Crippen molar-refractivity contribution < 1.29 is 4.57 Å². The quantitative estimate of drug-likeness (QED) is 0.401. The molecule has 2 rings (SSSR count). The van der Waals surface area contributed by atoms with E-state index >= 15 is 0 Å². The molecule has 124 valence electrons. The second-order valence-electron chi connectivity index (χ2n) is 6.05. The number of aryl methyl sites for hydroxylation is 2. The number of hydrogen-bond donors (Lipinski definition) is 0. The summed E-state index contributed by atoms with van der Waals surface area (Å²) in [5.74, 6) is 0. The summed E-state index contributed by atoms with van der Waals surface area (Å²) in [4.78, 5) is 0. The molecular formula is C20H28ClN2+. The minimum atomic E-state index is 0.786. The van der Waals surface area contributed by atoms with Crippen LogP contribution in [-0.2, 0) is 13.1 Å². The van der Waals surface area contributed by atoms with Crippen LogP contribution >= 0.6 is 11.6 Å². The normalized spacial score (nSPS) is 11.4. The molecule has 0 atom stereocenters. The number of unbranched alkanes of at least 4 members (excludes halogenated alkanes) is 4. The second-order valence-corrected chi connectivity index (χ2v) is 6.48. The molecule has 3 heteroatoms. The molecule has 2 nitrogen and oxygen atoms in total. The van der Waals surface area contributed by atoms with Gasteiger partial charge in [-0.05, 0) is 30.5 Å². The molecule has 0 saturated heterocycles. The summed E-state index contributed by atoms with van der Waals surface area (Å²) in [6.07, 6.45) is 18.7. The Morgan fingerprint density at radius 1 is 1.09 bits per heavy atom. The van der Waals surface area contributed by atoms with Crippen LogP contribution in [0, 0.1) is 0 Å². The number of aromatic nitrogens is 2. The first-order valence-corrected chi connectivity index (χ1v) is 9.12. The van der Waals surface area contributed by atoms with Gasteiger partial charge in [0.25, 0.3) is 0 Å². The molecule has 0 unspecified atom stereocenters. The van der Waals surface area contributed by atoms with Gasteiger partial charge in [0, 0.05) is 11.4 Å². The first-order valence-electron chi connectivity index (χ1n) is 8.75. The zero-order valence-corrected chi connectivity index (χ0v) is 14.9. The van der Waals surface area contributed by atoms with Crippen molar-refractivity contribution in [2.75, 3.05) is 0 Å². The van der Waals surface area contributed by atoms with Gasteiger partial charge in [-0.25, -0.2) is 9.13 Å². The van der Waals surface area contributed by atoms with E-state index in [1.54, 1.807) is 0 Å². The third-order valence-corrected chi connectivity index (χ3v) is 4.25. The van der Waals surface area contributed by atoms with Crippen molar-refractivity contribution in [2.45, 2.75) is 58.5 Å². The molecule has 0 N–H and O–H groups in total. The Morgan fingerprint density at radius 3 is 2.65 bits per heavy atom. The van der Waals surface area contributed by atoms with Crippen molar-refractivity contribution in [2.24, 2.45) is 0 Å². The number of nitrogens with zero attached hydrogens (tertiary/aromatic N) is 2. The van der Waals surface area contributed by atoms with Gasteiger partial charge in [-0.2, -0.15) is 0 Å². The molecule has 1 heterocycles. The highest BCUT2D eigenvalue weighted by Gasteiger charge is 2.02. The lowest BCUT2D eigenvalue weighted by atomic mass is 10.1. The van der Waals surface area contributed by atoms with E-state index in [0.29, 0.717) is 0 Å². The average molecular weight is 332 g/mol. The maximum atomic E-state index is 5.89. The van der Waals surface area contributed by atoms with Crippen molar-refractivity contribution in [1.29, 1.82) is 0 Å². The fraction of sp³-hybridized carbons (Fsp3) is 0.450. The minimum absolute atomic E-state index is 0.786. The average Bonchev–Trinajstić information content (AvgIpc) is 3.01. The summed E-state index contributed by atoms with van der Waals surface area (Å²) in [7, 11) is 0. The van der Waals surface area contributed by atoms with Crippen molar-refractivity contribution in [3.8, 4) is 0 Å². The van der Waals surface area contributed by atoms with Gasteiger partial charge in [-0.15, -0.1) is 0 Å². The predicted molar refractivity (Wildman–Crippen MR) is 98.5 cm³/mol. The van der Waals surface area contributed by atoms with Crippen LogP contribution in [0.3, 0.4) is 0 Å². The lowest BCUT2D eigenvalue weighted by molar-refractivity contribution is -0.696. The fourth-order valence-corrected chi connectivity index (χ4v) is 2.74. The molecule has 0 amide bonds. The SMILES string of the molecule is CCCCCCC[n+]1ccn(CC/C=C/c2ccc(Cl)cc2)c1. The molecule has 1 aromatic heterocycles. The largest absolute Gasteiger partial charge is 0.243 e. The zero-order valence-electron chi connectivity index (χ0n) is 14.1. The topological polar surface area (TPSA) is 8.81 Å². The van der Waals surface area contributed by atoms with Crippen molar-refractivity contribution >= 4 is 17.7 Å². The molecule has 0 aliphatic carbocycles. The van der Waals surface area contributed by atoms with E-state index in [9.17, 15) is 0 Å². The van der Waals surface area contributed by atoms with E-state index in [2.05, 4.69) is 46.9 Å². The third kappa shape index (κ3) is 7.04. The van der Waals surface area contributed by atoms with Gasteiger partial charge >= 0.3 is 0 Å². The summed E-state index contributed by atoms with van der Waals surface area (Å²) in [6, 6.07) is 7.94. The molecule has 23 heavy (non-hydrogen) atoms. The van der Waals surface area contributed by atoms with Crippen LogP contribution in [0.2, 0.25) is 5.02 Å². The van der Waals surface area contributed by atoms with Gasteiger partial charge in [0.15, 0.2) is 0 Å². The smallest absolute Gasteiger partial charge is 0.237 e. The minimum Gasteiger partial charge on any atom is -0.237 e. The van der Waals surface area contributed by atoms with Crippen LogP contribution in [0.5, 0.6) is 0 Å². The standard InChI is InChI=1S/C20H28ClN2/c1-2-3-4-5-7-14-22-16-17-23(18-22)15-8-6-9-19-10-12-20(21)13-11-19/h6,9-13,16-18H,2-5,7-8,14-15H2,1H3/q+1/b9-6+. The molecule has 0 spiro atoms. The maximum Gasteiger partial charge on any atom is 0.243 e. The number of benzene rings is 1. The van der Waals surface area contributed by atoms with Gasteiger partial charge < -0.3 is 0 Å². The summed E-state index contributed by atoms with van der Waals surface area (Å²) in [6.45, 7) is 4.42. The summed E-state index contributed by atoms with van der Waals surface area (Å²) in [5.41, 5.74) is 1.20. The molecule has 2 aromatic rings. The predicted octanol–water partition coefficient (Wildman–Crippen LogP) is 5.50. The Labute approximate surface area is 145 Å². The highest BCUT2D eigenvalue weighted by molar-refractivity contribution is 6.30. The van der Waals surface area contributed by atoms with Gasteiger partial charge in [0.1, 0.15) is 12.4 Å². The summed E-state index contributed by atoms with van der Waals surface area (Å²) >= 11 is 5.89. The number of hydrogen-bond acceptors (Lipinski definition) is 0. The van der Waals surface area contributed by atoms with Gasteiger partial charge in [-0.1, -0.05) is 62.1 Å². The molecule has 0 saturated carbocycles. The Bertz CT molecular complexity index is 584. The number of halogens is 1. The molecule has 0 aliphatic rings. The third-order valence-electron chi connectivity index (χ3n) is 4.00. The Balaban J connectivity index is 1.67. The maximum absolute atomic E-state index is 5.89. The number of allylic oxidation sites excluding steroid dienone is 1. The highest BCUT2D eigenvalue weighted by atomic mass is 35.5. The highest BCUT2D eigenvalue weighted by Crippen LogP contribution is 2.11. The van der Waals surface area contributed by atoms with Crippen LogP contribution in [0.4, 0.5) is 0 Å². The van der Waals surface area contributed by atoms with E-state index in [1.807, 2.05) is 24.3 Å². The molecule has 0 radical (unpaired) electrons. The lowest BCUT2D eigenvalue weighted by Gasteiger charge is -1.97. The van der Waals surface area contributed by atoms with E-state index in [4.69, 9.17) is 11.6 Å². The van der Waals surface area contributed by atoms with E-state index < -0.39 is 0 Å². The first-order chi connectivity index (χ1) is 11.3. The Hall–Kier alpha value is -1.54. The van der Waals surface area contributed by atoms with Crippen LogP contribution < -0.4 is 4.57 Å². The zero-order chi connectivity index (χ0) is 16.3. The van der Waals surface area contributed by atoms with Crippen molar-refractivity contribution in [3.05, 3.63) is 59.6 Å². The fourth-order valence-electron chi connectivity index (χ4n) is 2.62. The molecule has 0 aliphatic heterocycles. The number of rotatable bonds is 10. The van der Waals surface area contributed by atoms with Crippen LogP contribution in [0.1, 0.15) is 51.0 Å². The van der Waals surface area contributed by atoms with Gasteiger partial charge in [0.05, 0.1) is 13.1 Å². The van der Waals surface area contributed by atoms with Crippen LogP contribution in [-0.4, -0.2) is 4.57 Å². The summed E-state index contributed by atoms with van der Waals surface area (Å²) < 4.78 is 4.56. The first kappa shape index (κ1) is 17.8. The summed E-state index contributed by atoms with van der Waals surface area (Å²) in [5, 5.41) is 0.786. The van der Waals surface area contributed by atoms with Gasteiger partial charge in [0.2, 0.25) is 6.33 Å². The van der Waals surface area contributed by atoms with Crippen LogP contribution in [0.15, 0.2) is 49.1 Å². The Morgan fingerprint density at radius 2 is 1.87 bits per heavy atom. The monoisotopic (exact) mass is 331 g/mol. The van der Waals surface area contributed by atoms with Crippen molar-refractivity contribution in [3.63, 3.8) is 0 Å². The van der Waals surface area contributed by atoms with Crippen molar-refractivity contribution in [1.82, 2.24) is 4.57 Å². The molecule has 0 bridgehead atoms. The molecule has 1 aromatic carbocycles. The molecule has 0 fully saturated rings. The van der Waals surface area contributed by atoms with E-state index in [-0.39, 0.29) is 0 Å². The second kappa shape index (κ2) is 10.3. The van der Waals surface area contributed by atoms with Gasteiger partial charge in [-0.3, -0.25) is 0 Å². The number of imidazole rings is 1. The Kier molecular flexibility index (Phi) is 7.96. The van der Waals surface area contributed by atoms with E-state index in [0.717, 1.165) is 24.5 Å². The van der Waals surface area contributed by atoms with Crippen LogP contribution in [0.25, 0.3) is 6.08 Å². The van der Waals surface area contributed by atoms with E-state index in [1.165, 1.54) is 37.7 Å².